The van der Waals surface area contributed by atoms with E-state index in [1.807, 2.05) is 11.9 Å². The molecule has 100 valence electrons. The summed E-state index contributed by atoms with van der Waals surface area (Å²) in [5.41, 5.74) is 1.04. The molecule has 0 atom stereocenters. The Kier molecular flexibility index (Phi) is 5.04. The molecule has 4 nitrogen and oxygen atoms in total. The normalized spacial score (nSPS) is 11.8. The highest BCUT2D eigenvalue weighted by atomic mass is 32.2. The van der Waals surface area contributed by atoms with Crippen molar-refractivity contribution >= 4 is 15.6 Å². The van der Waals surface area contributed by atoms with Crippen molar-refractivity contribution < 1.29 is 13.2 Å². The monoisotopic (exact) mass is 269 g/mol. The topological polar surface area (TPSA) is 54.5 Å². The Morgan fingerprint density at radius 1 is 1.22 bits per heavy atom. The summed E-state index contributed by atoms with van der Waals surface area (Å²) < 4.78 is 22.6. The summed E-state index contributed by atoms with van der Waals surface area (Å²) in [6.45, 7) is 3.00. The van der Waals surface area contributed by atoms with Crippen LogP contribution in [0.3, 0.4) is 0 Å². The number of carbonyl (C=O) groups is 1. The average Bonchev–Trinajstić information content (AvgIpc) is 2.26. The van der Waals surface area contributed by atoms with Crippen molar-refractivity contribution in [2.24, 2.45) is 0 Å². The van der Waals surface area contributed by atoms with Crippen molar-refractivity contribution in [2.75, 3.05) is 19.8 Å². The van der Waals surface area contributed by atoms with Gasteiger partial charge in [-0.15, -0.1) is 0 Å². The van der Waals surface area contributed by atoms with Crippen LogP contribution in [-0.2, 0) is 21.2 Å². The minimum atomic E-state index is -3.13. The molecule has 0 fully saturated rings. The maximum Gasteiger partial charge on any atom is 0.175 e. The Hall–Kier alpha value is -1.20. The van der Waals surface area contributed by atoms with E-state index in [9.17, 15) is 13.2 Å². The highest BCUT2D eigenvalue weighted by Gasteiger charge is 2.07. The van der Waals surface area contributed by atoms with Crippen LogP contribution in [0.25, 0.3) is 0 Å². The fourth-order valence-electron chi connectivity index (χ4n) is 1.58. The molecule has 0 heterocycles. The molecule has 1 aromatic rings. The lowest BCUT2D eigenvalue weighted by atomic mass is 10.2. The summed E-state index contributed by atoms with van der Waals surface area (Å²) in [5, 5.41) is 0. The lowest BCUT2D eigenvalue weighted by molar-refractivity contribution is -0.117. The quantitative estimate of drug-likeness (QED) is 0.785. The summed E-state index contributed by atoms with van der Waals surface area (Å²) >= 11 is 0. The van der Waals surface area contributed by atoms with Gasteiger partial charge in [-0.3, -0.25) is 4.79 Å². The molecule has 0 saturated heterocycles. The molecule has 0 aliphatic rings. The molecule has 5 heteroatoms. The van der Waals surface area contributed by atoms with E-state index in [-0.39, 0.29) is 5.78 Å². The number of hydrogen-bond acceptors (Lipinski definition) is 4. The summed E-state index contributed by atoms with van der Waals surface area (Å²) in [5.74, 6) is 0.175. The van der Waals surface area contributed by atoms with E-state index in [2.05, 4.69) is 0 Å². The van der Waals surface area contributed by atoms with Crippen LogP contribution in [0.2, 0.25) is 0 Å². The van der Waals surface area contributed by atoms with Gasteiger partial charge in [0.15, 0.2) is 9.84 Å². The third-order valence-corrected chi connectivity index (χ3v) is 3.78. The first-order valence-electron chi connectivity index (χ1n) is 5.76. The van der Waals surface area contributed by atoms with Crippen molar-refractivity contribution in [1.82, 2.24) is 4.90 Å². The maximum absolute atomic E-state index is 11.3. The Morgan fingerprint density at radius 3 is 2.22 bits per heavy atom. The smallest absolute Gasteiger partial charge is 0.175 e. The Labute approximate surface area is 109 Å². The number of Topliss-reactive ketones (excluding diaryl/α,β-unsaturated/α-hetero) is 1. The van der Waals surface area contributed by atoms with Crippen molar-refractivity contribution in [1.29, 1.82) is 0 Å². The van der Waals surface area contributed by atoms with E-state index in [1.54, 1.807) is 31.2 Å². The van der Waals surface area contributed by atoms with E-state index < -0.39 is 9.84 Å². The molecule has 0 aliphatic heterocycles. The van der Waals surface area contributed by atoms with E-state index in [0.29, 0.717) is 24.4 Å². The van der Waals surface area contributed by atoms with Crippen LogP contribution in [0, 0.1) is 0 Å². The highest BCUT2D eigenvalue weighted by Crippen LogP contribution is 2.11. The van der Waals surface area contributed by atoms with Gasteiger partial charge >= 0.3 is 0 Å². The molecular weight excluding hydrogens is 250 g/mol. The molecule has 0 saturated carbocycles. The first kappa shape index (κ1) is 14.9. The zero-order valence-corrected chi connectivity index (χ0v) is 11.8. The molecule has 0 unspecified atom stereocenters. The van der Waals surface area contributed by atoms with Crippen LogP contribution < -0.4 is 0 Å². The van der Waals surface area contributed by atoms with Gasteiger partial charge in [0.25, 0.3) is 0 Å². The van der Waals surface area contributed by atoms with Gasteiger partial charge < -0.3 is 4.90 Å². The zero-order valence-electron chi connectivity index (χ0n) is 11.0. The standard InChI is InChI=1S/C13H19NO3S/c1-11(15)8-9-14(2)10-12-4-6-13(7-5-12)18(3,16)17/h4-7H,8-10H2,1-3H3. The van der Waals surface area contributed by atoms with E-state index in [1.165, 1.54) is 6.26 Å². The molecule has 1 aromatic carbocycles. The largest absolute Gasteiger partial charge is 0.302 e. The molecule has 18 heavy (non-hydrogen) atoms. The second kappa shape index (κ2) is 6.11. The first-order valence-corrected chi connectivity index (χ1v) is 7.65. The van der Waals surface area contributed by atoms with Crippen LogP contribution in [-0.4, -0.2) is 38.9 Å². The fraction of sp³-hybridized carbons (Fsp3) is 0.462. The highest BCUT2D eigenvalue weighted by molar-refractivity contribution is 7.90. The lowest BCUT2D eigenvalue weighted by Gasteiger charge is -2.15. The number of sulfone groups is 1. The van der Waals surface area contributed by atoms with Crippen molar-refractivity contribution in [3.05, 3.63) is 29.8 Å². The van der Waals surface area contributed by atoms with Crippen LogP contribution in [0.15, 0.2) is 29.2 Å². The number of carbonyl (C=O) groups excluding carboxylic acids is 1. The average molecular weight is 269 g/mol. The molecular formula is C13H19NO3S. The molecule has 0 bridgehead atoms. The summed E-state index contributed by atoms with van der Waals surface area (Å²) in [6, 6.07) is 6.84. The van der Waals surface area contributed by atoms with Crippen molar-refractivity contribution in [3.63, 3.8) is 0 Å². The minimum absolute atomic E-state index is 0.175. The molecule has 1 rings (SSSR count). The zero-order chi connectivity index (χ0) is 13.8. The van der Waals surface area contributed by atoms with Gasteiger partial charge in [-0.1, -0.05) is 12.1 Å². The Morgan fingerprint density at radius 2 is 1.78 bits per heavy atom. The van der Waals surface area contributed by atoms with Gasteiger partial charge in [-0.05, 0) is 31.7 Å². The van der Waals surface area contributed by atoms with E-state index in [4.69, 9.17) is 0 Å². The molecule has 0 aromatic heterocycles. The maximum atomic E-state index is 11.3. The third kappa shape index (κ3) is 4.98. The minimum Gasteiger partial charge on any atom is -0.302 e. The van der Waals surface area contributed by atoms with E-state index >= 15 is 0 Å². The van der Waals surface area contributed by atoms with Crippen molar-refractivity contribution in [3.8, 4) is 0 Å². The molecule has 0 spiro atoms. The van der Waals surface area contributed by atoms with Crippen LogP contribution in [0.1, 0.15) is 18.9 Å². The van der Waals surface area contributed by atoms with Crippen LogP contribution in [0.4, 0.5) is 0 Å². The summed E-state index contributed by atoms with van der Waals surface area (Å²) in [4.78, 5) is 13.2. The molecule has 0 amide bonds. The molecule has 0 N–H and O–H groups in total. The lowest BCUT2D eigenvalue weighted by Crippen LogP contribution is -2.20. The number of ketones is 1. The van der Waals surface area contributed by atoms with Gasteiger partial charge in [-0.25, -0.2) is 8.42 Å². The Bertz CT molecular complexity index is 506. The predicted octanol–water partition coefficient (Wildman–Crippen LogP) is 1.50. The first-order chi connectivity index (χ1) is 8.29. The molecule has 0 radical (unpaired) electrons. The van der Waals surface area contributed by atoms with Gasteiger partial charge in [-0.2, -0.15) is 0 Å². The van der Waals surface area contributed by atoms with Gasteiger partial charge in [0.2, 0.25) is 0 Å². The number of rotatable bonds is 6. The van der Waals surface area contributed by atoms with Crippen LogP contribution in [0.5, 0.6) is 0 Å². The fourth-order valence-corrected chi connectivity index (χ4v) is 2.21. The second-order valence-electron chi connectivity index (χ2n) is 4.61. The Balaban J connectivity index is 2.61. The van der Waals surface area contributed by atoms with Crippen molar-refractivity contribution in [2.45, 2.75) is 24.8 Å². The van der Waals surface area contributed by atoms with E-state index in [0.717, 1.165) is 5.56 Å². The SMILES string of the molecule is CC(=O)CCN(C)Cc1ccc(S(C)(=O)=O)cc1. The number of benzene rings is 1. The van der Waals surface area contributed by atoms with Crippen LogP contribution >= 0.6 is 0 Å². The van der Waals surface area contributed by atoms with Gasteiger partial charge in [0.05, 0.1) is 4.90 Å². The number of hydrogen-bond donors (Lipinski definition) is 0. The summed E-state index contributed by atoms with van der Waals surface area (Å²) in [7, 11) is -1.19. The molecule has 0 aliphatic carbocycles. The van der Waals surface area contributed by atoms with Gasteiger partial charge in [0.1, 0.15) is 5.78 Å². The second-order valence-corrected chi connectivity index (χ2v) is 6.62. The summed E-state index contributed by atoms with van der Waals surface area (Å²) in [6.07, 6.45) is 1.74. The number of nitrogens with zero attached hydrogens (tertiary/aromatic N) is 1. The van der Waals surface area contributed by atoms with Gasteiger partial charge in [0, 0.05) is 25.8 Å². The predicted molar refractivity (Wildman–Crippen MR) is 71.2 cm³/mol. The third-order valence-electron chi connectivity index (χ3n) is 2.65.